The summed E-state index contributed by atoms with van der Waals surface area (Å²) in [4.78, 5) is 0. The van der Waals surface area contributed by atoms with Crippen molar-refractivity contribution in [3.8, 4) is 0 Å². The van der Waals surface area contributed by atoms with Gasteiger partial charge in [-0.1, -0.05) is 37.8 Å². The molecule has 1 saturated carbocycles. The molecule has 1 aromatic rings. The average molecular weight is 236 g/mol. The van der Waals surface area contributed by atoms with Crippen LogP contribution in [0.2, 0.25) is 0 Å². The molecule has 0 aromatic carbocycles. The number of aryl methyl sites for hydroxylation is 1. The number of nitrogens with zero attached hydrogens (tertiary/aromatic N) is 3. The zero-order valence-corrected chi connectivity index (χ0v) is 10.9. The Morgan fingerprint density at radius 1 is 1.29 bits per heavy atom. The summed E-state index contributed by atoms with van der Waals surface area (Å²) in [6.45, 7) is 4.14. The van der Waals surface area contributed by atoms with Crippen molar-refractivity contribution in [3.63, 3.8) is 0 Å². The SMILES string of the molecule is CCCCCCCn1cc(CNC2CC2)nn1. The zero-order valence-electron chi connectivity index (χ0n) is 10.9. The number of hydrogen-bond acceptors (Lipinski definition) is 3. The van der Waals surface area contributed by atoms with Crippen LogP contribution >= 0.6 is 0 Å². The van der Waals surface area contributed by atoms with Crippen LogP contribution in [0.1, 0.15) is 57.6 Å². The largest absolute Gasteiger partial charge is 0.308 e. The normalized spacial score (nSPS) is 15.4. The van der Waals surface area contributed by atoms with Crippen molar-refractivity contribution < 1.29 is 0 Å². The third-order valence-electron chi connectivity index (χ3n) is 3.23. The fourth-order valence-corrected chi connectivity index (χ4v) is 1.94. The number of rotatable bonds is 9. The molecular weight excluding hydrogens is 212 g/mol. The molecule has 4 heteroatoms. The lowest BCUT2D eigenvalue weighted by Gasteiger charge is -2.00. The standard InChI is InChI=1S/C13H24N4/c1-2-3-4-5-6-9-17-11-13(15-16-17)10-14-12-7-8-12/h11-12,14H,2-10H2,1H3. The average Bonchev–Trinajstić information content (AvgIpc) is 3.06. The minimum Gasteiger partial charge on any atom is -0.308 e. The smallest absolute Gasteiger partial charge is 0.0964 e. The Labute approximate surface area is 104 Å². The highest BCUT2D eigenvalue weighted by Crippen LogP contribution is 2.18. The van der Waals surface area contributed by atoms with Gasteiger partial charge >= 0.3 is 0 Å². The summed E-state index contributed by atoms with van der Waals surface area (Å²) < 4.78 is 1.98. The molecule has 0 saturated heterocycles. The summed E-state index contributed by atoms with van der Waals surface area (Å²) in [7, 11) is 0. The molecule has 1 heterocycles. The van der Waals surface area contributed by atoms with Gasteiger partial charge < -0.3 is 5.32 Å². The van der Waals surface area contributed by atoms with E-state index in [1.807, 2.05) is 4.68 Å². The van der Waals surface area contributed by atoms with Crippen molar-refractivity contribution in [3.05, 3.63) is 11.9 Å². The molecule has 0 aliphatic heterocycles. The molecule has 96 valence electrons. The fourth-order valence-electron chi connectivity index (χ4n) is 1.94. The minimum absolute atomic E-state index is 0.745. The van der Waals surface area contributed by atoms with E-state index in [-0.39, 0.29) is 0 Å². The second kappa shape index (κ2) is 6.74. The van der Waals surface area contributed by atoms with Crippen LogP contribution in [0, 0.1) is 0 Å². The van der Waals surface area contributed by atoms with Crippen molar-refractivity contribution >= 4 is 0 Å². The summed E-state index contributed by atoms with van der Waals surface area (Å²) >= 11 is 0. The predicted molar refractivity (Wildman–Crippen MR) is 68.6 cm³/mol. The molecule has 17 heavy (non-hydrogen) atoms. The first-order valence-electron chi connectivity index (χ1n) is 7.01. The van der Waals surface area contributed by atoms with Crippen LogP contribution < -0.4 is 5.32 Å². The second-order valence-corrected chi connectivity index (χ2v) is 5.04. The maximum atomic E-state index is 4.18. The third kappa shape index (κ3) is 4.86. The molecule has 1 N–H and O–H groups in total. The van der Waals surface area contributed by atoms with E-state index in [0.717, 1.165) is 24.8 Å². The molecule has 4 nitrogen and oxygen atoms in total. The first kappa shape index (κ1) is 12.6. The highest BCUT2D eigenvalue weighted by molar-refractivity contribution is 4.94. The van der Waals surface area contributed by atoms with Gasteiger partial charge in [0, 0.05) is 25.3 Å². The quantitative estimate of drug-likeness (QED) is 0.670. The van der Waals surface area contributed by atoms with Crippen molar-refractivity contribution in [2.75, 3.05) is 0 Å². The van der Waals surface area contributed by atoms with Crippen molar-refractivity contribution in [1.29, 1.82) is 0 Å². The van der Waals surface area contributed by atoms with Crippen LogP contribution in [-0.2, 0) is 13.1 Å². The molecule has 2 rings (SSSR count). The molecular formula is C13H24N4. The van der Waals surface area contributed by atoms with E-state index in [4.69, 9.17) is 0 Å². The van der Waals surface area contributed by atoms with E-state index in [1.165, 1.54) is 44.9 Å². The van der Waals surface area contributed by atoms with E-state index in [9.17, 15) is 0 Å². The highest BCUT2D eigenvalue weighted by Gasteiger charge is 2.20. The Morgan fingerprint density at radius 3 is 2.88 bits per heavy atom. The van der Waals surface area contributed by atoms with E-state index in [1.54, 1.807) is 0 Å². The van der Waals surface area contributed by atoms with Gasteiger partial charge in [-0.2, -0.15) is 0 Å². The second-order valence-electron chi connectivity index (χ2n) is 5.04. The van der Waals surface area contributed by atoms with E-state index >= 15 is 0 Å². The summed E-state index contributed by atoms with van der Waals surface area (Å²) in [6, 6.07) is 0.745. The van der Waals surface area contributed by atoms with Gasteiger partial charge in [0.15, 0.2) is 0 Å². The van der Waals surface area contributed by atoms with Crippen LogP contribution in [0.3, 0.4) is 0 Å². The Balaban J connectivity index is 1.59. The maximum Gasteiger partial charge on any atom is 0.0964 e. The molecule has 1 fully saturated rings. The van der Waals surface area contributed by atoms with Gasteiger partial charge in [-0.15, -0.1) is 5.10 Å². The minimum atomic E-state index is 0.745. The Hall–Kier alpha value is -0.900. The lowest BCUT2D eigenvalue weighted by Crippen LogP contribution is -2.15. The van der Waals surface area contributed by atoms with Crippen LogP contribution in [0.4, 0.5) is 0 Å². The lowest BCUT2D eigenvalue weighted by atomic mass is 10.1. The predicted octanol–water partition coefficient (Wildman–Crippen LogP) is 2.50. The van der Waals surface area contributed by atoms with Gasteiger partial charge in [0.2, 0.25) is 0 Å². The van der Waals surface area contributed by atoms with Crippen LogP contribution in [0.25, 0.3) is 0 Å². The Kier molecular flexibility index (Phi) is 4.98. The molecule has 1 aromatic heterocycles. The molecule has 0 unspecified atom stereocenters. The number of nitrogens with one attached hydrogen (secondary N) is 1. The fraction of sp³-hybridized carbons (Fsp3) is 0.846. The molecule has 0 bridgehead atoms. The van der Waals surface area contributed by atoms with Crippen molar-refractivity contribution in [2.24, 2.45) is 0 Å². The van der Waals surface area contributed by atoms with Gasteiger partial charge in [0.25, 0.3) is 0 Å². The molecule has 0 radical (unpaired) electrons. The molecule has 0 amide bonds. The van der Waals surface area contributed by atoms with E-state index < -0.39 is 0 Å². The summed E-state index contributed by atoms with van der Waals surface area (Å²) in [5.74, 6) is 0. The van der Waals surface area contributed by atoms with Crippen molar-refractivity contribution in [2.45, 2.75) is 71.0 Å². The monoisotopic (exact) mass is 236 g/mol. The first-order chi connectivity index (χ1) is 8.38. The first-order valence-corrected chi connectivity index (χ1v) is 7.01. The van der Waals surface area contributed by atoms with Crippen molar-refractivity contribution in [1.82, 2.24) is 20.3 Å². The topological polar surface area (TPSA) is 42.7 Å². The Bertz CT molecular complexity index is 317. The zero-order chi connectivity index (χ0) is 11.9. The molecule has 0 atom stereocenters. The maximum absolute atomic E-state index is 4.18. The highest BCUT2D eigenvalue weighted by atomic mass is 15.4. The lowest BCUT2D eigenvalue weighted by molar-refractivity contribution is 0.521. The summed E-state index contributed by atoms with van der Waals surface area (Å²) in [6.07, 6.45) is 11.3. The Morgan fingerprint density at radius 2 is 2.12 bits per heavy atom. The van der Waals surface area contributed by atoms with E-state index in [0.29, 0.717) is 0 Å². The van der Waals surface area contributed by atoms with Gasteiger partial charge in [-0.25, -0.2) is 0 Å². The van der Waals surface area contributed by atoms with E-state index in [2.05, 4.69) is 28.7 Å². The van der Waals surface area contributed by atoms with Gasteiger partial charge in [0.05, 0.1) is 5.69 Å². The van der Waals surface area contributed by atoms with Crippen LogP contribution in [-0.4, -0.2) is 21.0 Å². The van der Waals surface area contributed by atoms with Gasteiger partial charge in [-0.3, -0.25) is 4.68 Å². The van der Waals surface area contributed by atoms with Crippen LogP contribution in [0.15, 0.2) is 6.20 Å². The summed E-state index contributed by atoms with van der Waals surface area (Å²) in [5, 5.41) is 11.8. The molecule has 1 aliphatic carbocycles. The number of unbranched alkanes of at least 4 members (excludes halogenated alkanes) is 4. The molecule has 1 aliphatic rings. The molecule has 0 spiro atoms. The van der Waals surface area contributed by atoms with Gasteiger partial charge in [-0.05, 0) is 19.3 Å². The number of aromatic nitrogens is 3. The number of hydrogen-bond donors (Lipinski definition) is 1. The van der Waals surface area contributed by atoms with Crippen LogP contribution in [0.5, 0.6) is 0 Å². The summed E-state index contributed by atoms with van der Waals surface area (Å²) in [5.41, 5.74) is 1.07. The van der Waals surface area contributed by atoms with Gasteiger partial charge in [0.1, 0.15) is 0 Å². The third-order valence-corrected chi connectivity index (χ3v) is 3.23.